The van der Waals surface area contributed by atoms with Gasteiger partial charge in [0.05, 0.1) is 18.1 Å². The fraction of sp³-hybridized carbons (Fsp3) is 0.917. The second kappa shape index (κ2) is 6.21. The number of ether oxygens (including phenoxy) is 1. The Labute approximate surface area is 98.1 Å². The topological polar surface area (TPSA) is 50.4 Å². The van der Waals surface area contributed by atoms with Crippen molar-refractivity contribution in [2.24, 2.45) is 5.41 Å². The van der Waals surface area contributed by atoms with E-state index in [9.17, 15) is 4.79 Å². The van der Waals surface area contributed by atoms with Crippen LogP contribution in [0.2, 0.25) is 0 Å². The Morgan fingerprint density at radius 2 is 2.31 bits per heavy atom. The van der Waals surface area contributed by atoms with Crippen molar-refractivity contribution >= 4 is 5.91 Å². The van der Waals surface area contributed by atoms with Crippen molar-refractivity contribution in [3.05, 3.63) is 0 Å². The fourth-order valence-electron chi connectivity index (χ4n) is 2.20. The maximum Gasteiger partial charge on any atom is 0.227 e. The van der Waals surface area contributed by atoms with Crippen LogP contribution < -0.4 is 10.6 Å². The zero-order valence-electron chi connectivity index (χ0n) is 10.6. The molecule has 0 aromatic carbocycles. The molecule has 2 N–H and O–H groups in total. The Bertz CT molecular complexity index is 225. The van der Waals surface area contributed by atoms with Crippen LogP contribution in [-0.2, 0) is 9.53 Å². The van der Waals surface area contributed by atoms with Crippen molar-refractivity contribution < 1.29 is 9.53 Å². The lowest BCUT2D eigenvalue weighted by Crippen LogP contribution is -2.47. The molecule has 4 heteroatoms. The lowest BCUT2D eigenvalue weighted by molar-refractivity contribution is -0.131. The second-order valence-electron chi connectivity index (χ2n) is 4.59. The summed E-state index contributed by atoms with van der Waals surface area (Å²) < 4.78 is 5.09. The Morgan fingerprint density at radius 3 is 2.75 bits per heavy atom. The molecule has 0 aromatic rings. The van der Waals surface area contributed by atoms with E-state index >= 15 is 0 Å². The lowest BCUT2D eigenvalue weighted by atomic mass is 9.83. The summed E-state index contributed by atoms with van der Waals surface area (Å²) in [5, 5.41) is 6.37. The normalized spacial score (nSPS) is 26.7. The Hall–Kier alpha value is -0.610. The average molecular weight is 228 g/mol. The Kier molecular flexibility index (Phi) is 5.22. The molecule has 1 aliphatic heterocycles. The third kappa shape index (κ3) is 2.95. The minimum absolute atomic E-state index is 0.140. The van der Waals surface area contributed by atoms with Crippen LogP contribution in [-0.4, -0.2) is 38.8 Å². The van der Waals surface area contributed by atoms with Gasteiger partial charge in [-0.25, -0.2) is 0 Å². The molecular weight excluding hydrogens is 204 g/mol. The highest BCUT2D eigenvalue weighted by molar-refractivity contribution is 5.83. The molecule has 1 fully saturated rings. The molecule has 1 amide bonds. The summed E-state index contributed by atoms with van der Waals surface area (Å²) in [5.74, 6) is 0.184. The number of rotatable bonds is 6. The summed E-state index contributed by atoms with van der Waals surface area (Å²) in [4.78, 5) is 12.2. The molecule has 0 spiro atoms. The average Bonchev–Trinajstić information content (AvgIpc) is 2.78. The summed E-state index contributed by atoms with van der Waals surface area (Å²) in [7, 11) is 1.67. The van der Waals surface area contributed by atoms with Crippen LogP contribution in [0.25, 0.3) is 0 Å². The summed E-state index contributed by atoms with van der Waals surface area (Å²) >= 11 is 0. The van der Waals surface area contributed by atoms with Gasteiger partial charge in [0, 0.05) is 13.7 Å². The zero-order valence-corrected chi connectivity index (χ0v) is 10.6. The molecular formula is C12H24N2O2. The van der Waals surface area contributed by atoms with Crippen molar-refractivity contribution in [2.45, 2.75) is 39.2 Å². The third-order valence-corrected chi connectivity index (χ3v) is 3.60. The van der Waals surface area contributed by atoms with Gasteiger partial charge in [0.2, 0.25) is 5.91 Å². The first-order valence-electron chi connectivity index (χ1n) is 6.19. The van der Waals surface area contributed by atoms with E-state index in [1.165, 1.54) is 0 Å². The molecule has 1 rings (SSSR count). The highest BCUT2D eigenvalue weighted by Gasteiger charge is 2.39. The van der Waals surface area contributed by atoms with Gasteiger partial charge >= 0.3 is 0 Å². The van der Waals surface area contributed by atoms with E-state index < -0.39 is 0 Å². The molecule has 2 unspecified atom stereocenters. The molecule has 0 aliphatic carbocycles. The van der Waals surface area contributed by atoms with E-state index in [0.717, 1.165) is 32.4 Å². The van der Waals surface area contributed by atoms with E-state index in [2.05, 4.69) is 24.5 Å². The zero-order chi connectivity index (χ0) is 12.0. The molecule has 1 saturated heterocycles. The summed E-state index contributed by atoms with van der Waals surface area (Å²) in [6.45, 7) is 6.50. The van der Waals surface area contributed by atoms with Crippen LogP contribution in [0.1, 0.15) is 33.1 Å². The first kappa shape index (κ1) is 13.5. The van der Waals surface area contributed by atoms with Gasteiger partial charge in [-0.3, -0.25) is 4.79 Å². The molecule has 94 valence electrons. The molecule has 2 atom stereocenters. The second-order valence-corrected chi connectivity index (χ2v) is 4.59. The van der Waals surface area contributed by atoms with Crippen LogP contribution in [0.5, 0.6) is 0 Å². The van der Waals surface area contributed by atoms with Crippen molar-refractivity contribution in [1.82, 2.24) is 10.6 Å². The molecule has 1 heterocycles. The van der Waals surface area contributed by atoms with Crippen molar-refractivity contribution in [1.29, 1.82) is 0 Å². The number of hydrogen-bond donors (Lipinski definition) is 2. The van der Waals surface area contributed by atoms with E-state index in [1.807, 2.05) is 0 Å². The van der Waals surface area contributed by atoms with Crippen LogP contribution >= 0.6 is 0 Å². The van der Waals surface area contributed by atoms with Gasteiger partial charge in [0.15, 0.2) is 0 Å². The van der Waals surface area contributed by atoms with Gasteiger partial charge in [-0.15, -0.1) is 0 Å². The van der Waals surface area contributed by atoms with E-state index in [1.54, 1.807) is 7.11 Å². The maximum absolute atomic E-state index is 12.2. The van der Waals surface area contributed by atoms with Gasteiger partial charge in [0.25, 0.3) is 0 Å². The number of hydrogen-bond acceptors (Lipinski definition) is 3. The monoisotopic (exact) mass is 228 g/mol. The minimum atomic E-state index is -0.193. The highest BCUT2D eigenvalue weighted by Crippen LogP contribution is 2.29. The number of nitrogens with one attached hydrogen (secondary N) is 2. The van der Waals surface area contributed by atoms with Crippen LogP contribution in [0.3, 0.4) is 0 Å². The third-order valence-electron chi connectivity index (χ3n) is 3.60. The van der Waals surface area contributed by atoms with Crippen molar-refractivity contribution in [3.63, 3.8) is 0 Å². The first-order valence-corrected chi connectivity index (χ1v) is 6.19. The number of amides is 1. The SMILES string of the molecule is CCC(COC)NC(=O)C1(CC)CCNC1. The smallest absolute Gasteiger partial charge is 0.227 e. The Balaban J connectivity index is 2.54. The maximum atomic E-state index is 12.2. The van der Waals surface area contributed by atoms with E-state index in [-0.39, 0.29) is 17.4 Å². The predicted octanol–water partition coefficient (Wildman–Crippen LogP) is 0.917. The lowest BCUT2D eigenvalue weighted by Gasteiger charge is -2.28. The van der Waals surface area contributed by atoms with Crippen LogP contribution in [0.4, 0.5) is 0 Å². The predicted molar refractivity (Wildman–Crippen MR) is 64.3 cm³/mol. The highest BCUT2D eigenvalue weighted by atomic mass is 16.5. The molecule has 0 saturated carbocycles. The van der Waals surface area contributed by atoms with Gasteiger partial charge in [-0.05, 0) is 25.8 Å². The van der Waals surface area contributed by atoms with Gasteiger partial charge in [0.1, 0.15) is 0 Å². The first-order chi connectivity index (χ1) is 7.68. The molecule has 4 nitrogen and oxygen atoms in total. The minimum Gasteiger partial charge on any atom is -0.383 e. The number of carbonyl (C=O) groups excluding carboxylic acids is 1. The van der Waals surface area contributed by atoms with Gasteiger partial charge in [-0.1, -0.05) is 13.8 Å². The van der Waals surface area contributed by atoms with Crippen molar-refractivity contribution in [2.75, 3.05) is 26.8 Å². The standard InChI is InChI=1S/C12H24N2O2/c1-4-10(8-16-3)14-11(15)12(5-2)6-7-13-9-12/h10,13H,4-9H2,1-3H3,(H,14,15). The quantitative estimate of drug-likeness (QED) is 0.710. The molecule has 0 aromatic heterocycles. The summed E-state index contributed by atoms with van der Waals surface area (Å²) in [6, 6.07) is 0.140. The Morgan fingerprint density at radius 1 is 1.56 bits per heavy atom. The van der Waals surface area contributed by atoms with Gasteiger partial charge < -0.3 is 15.4 Å². The van der Waals surface area contributed by atoms with Crippen molar-refractivity contribution in [3.8, 4) is 0 Å². The fourth-order valence-corrected chi connectivity index (χ4v) is 2.20. The number of carbonyl (C=O) groups is 1. The molecule has 0 radical (unpaired) electrons. The molecule has 16 heavy (non-hydrogen) atoms. The van der Waals surface area contributed by atoms with Crippen LogP contribution in [0, 0.1) is 5.41 Å². The summed E-state index contributed by atoms with van der Waals surface area (Å²) in [6.07, 6.45) is 2.75. The molecule has 1 aliphatic rings. The summed E-state index contributed by atoms with van der Waals surface area (Å²) in [5.41, 5.74) is -0.193. The van der Waals surface area contributed by atoms with Gasteiger partial charge in [-0.2, -0.15) is 0 Å². The number of methoxy groups -OCH3 is 1. The largest absolute Gasteiger partial charge is 0.383 e. The van der Waals surface area contributed by atoms with E-state index in [0.29, 0.717) is 6.61 Å². The van der Waals surface area contributed by atoms with E-state index in [4.69, 9.17) is 4.74 Å². The van der Waals surface area contributed by atoms with Crippen LogP contribution in [0.15, 0.2) is 0 Å². The molecule has 0 bridgehead atoms.